The second kappa shape index (κ2) is 5.37. The Labute approximate surface area is 101 Å². The Hall–Kier alpha value is -0.740. The Balaban J connectivity index is 2.82. The monoisotopic (exact) mass is 292 g/mol. The van der Waals surface area contributed by atoms with Crippen molar-refractivity contribution in [2.45, 2.75) is 18.4 Å². The van der Waals surface area contributed by atoms with Crippen molar-refractivity contribution < 1.29 is 14.6 Å². The van der Waals surface area contributed by atoms with Crippen molar-refractivity contribution in [2.24, 2.45) is 0 Å². The molecule has 15 heavy (non-hydrogen) atoms. The number of benzene rings is 1. The number of halogens is 2. The second-order valence-electron chi connectivity index (χ2n) is 3.00. The van der Waals surface area contributed by atoms with Gasteiger partial charge >= 0.3 is 5.97 Å². The van der Waals surface area contributed by atoms with Crippen molar-refractivity contribution >= 4 is 33.5 Å². The van der Waals surface area contributed by atoms with Crippen LogP contribution < -0.4 is 4.74 Å². The lowest BCUT2D eigenvalue weighted by atomic mass is 10.2. The molecule has 0 amide bonds. The molecule has 0 aromatic heterocycles. The van der Waals surface area contributed by atoms with E-state index in [1.54, 1.807) is 12.1 Å². The normalized spacial score (nSPS) is 12.2. The van der Waals surface area contributed by atoms with Crippen LogP contribution in [-0.4, -0.2) is 17.2 Å². The molecule has 1 rings (SSSR count). The smallest absolute Gasteiger partial charge is 0.344 e. The van der Waals surface area contributed by atoms with Gasteiger partial charge in [0.15, 0.2) is 6.10 Å². The van der Waals surface area contributed by atoms with E-state index in [2.05, 4.69) is 15.9 Å². The molecular weight excluding hydrogens is 283 g/mol. The maximum atomic E-state index is 10.6. The first-order valence-electron chi connectivity index (χ1n) is 4.28. The molecule has 0 fully saturated rings. The molecule has 0 aliphatic rings. The van der Waals surface area contributed by atoms with Crippen molar-refractivity contribution in [1.82, 2.24) is 0 Å². The molecule has 0 heterocycles. The third kappa shape index (κ3) is 3.39. The molecular formula is C10H10BrClO3. The number of carbonyl (C=O) groups is 1. The SMILES string of the molecule is CC(Oc1ccc(CBr)cc1Cl)C(=O)O. The van der Waals surface area contributed by atoms with E-state index < -0.39 is 12.1 Å². The van der Waals surface area contributed by atoms with E-state index >= 15 is 0 Å². The zero-order chi connectivity index (χ0) is 11.4. The molecule has 0 aliphatic heterocycles. The molecule has 0 saturated carbocycles. The molecule has 0 radical (unpaired) electrons. The zero-order valence-electron chi connectivity index (χ0n) is 8.04. The number of aliphatic carboxylic acids is 1. The molecule has 5 heteroatoms. The van der Waals surface area contributed by atoms with E-state index in [1.165, 1.54) is 6.92 Å². The Morgan fingerprint density at radius 3 is 2.80 bits per heavy atom. The fourth-order valence-corrected chi connectivity index (χ4v) is 1.56. The first-order chi connectivity index (χ1) is 7.04. The highest BCUT2D eigenvalue weighted by Gasteiger charge is 2.14. The molecule has 0 bridgehead atoms. The van der Waals surface area contributed by atoms with Crippen LogP contribution >= 0.6 is 27.5 Å². The summed E-state index contributed by atoms with van der Waals surface area (Å²) in [6, 6.07) is 5.23. The summed E-state index contributed by atoms with van der Waals surface area (Å²) in [5.41, 5.74) is 1.01. The molecule has 82 valence electrons. The minimum Gasteiger partial charge on any atom is -0.479 e. The third-order valence-electron chi connectivity index (χ3n) is 1.80. The van der Waals surface area contributed by atoms with Gasteiger partial charge in [-0.05, 0) is 24.6 Å². The fraction of sp³-hybridized carbons (Fsp3) is 0.300. The maximum absolute atomic E-state index is 10.6. The Morgan fingerprint density at radius 1 is 1.67 bits per heavy atom. The first kappa shape index (κ1) is 12.3. The highest BCUT2D eigenvalue weighted by atomic mass is 79.9. The molecule has 0 saturated heterocycles. The predicted octanol–water partition coefficient (Wildman–Crippen LogP) is 3.09. The molecule has 1 atom stereocenters. The molecule has 3 nitrogen and oxygen atoms in total. The quantitative estimate of drug-likeness (QED) is 0.868. The Bertz CT molecular complexity index is 368. The van der Waals surface area contributed by atoms with Gasteiger partial charge in [-0.2, -0.15) is 0 Å². The summed E-state index contributed by atoms with van der Waals surface area (Å²) >= 11 is 9.21. The summed E-state index contributed by atoms with van der Waals surface area (Å²) in [6.07, 6.45) is -0.905. The van der Waals surface area contributed by atoms with Gasteiger partial charge in [0, 0.05) is 5.33 Å². The zero-order valence-corrected chi connectivity index (χ0v) is 10.4. The van der Waals surface area contributed by atoms with Gasteiger partial charge in [-0.15, -0.1) is 0 Å². The minimum atomic E-state index is -1.02. The molecule has 1 aromatic rings. The molecule has 1 unspecified atom stereocenters. The van der Waals surface area contributed by atoms with Gasteiger partial charge in [-0.3, -0.25) is 0 Å². The number of hydrogen-bond donors (Lipinski definition) is 1. The van der Waals surface area contributed by atoms with Gasteiger partial charge in [0.1, 0.15) is 5.75 Å². The van der Waals surface area contributed by atoms with Crippen LogP contribution in [0.1, 0.15) is 12.5 Å². The maximum Gasteiger partial charge on any atom is 0.344 e. The average molecular weight is 294 g/mol. The summed E-state index contributed by atoms with van der Waals surface area (Å²) in [5, 5.41) is 9.77. The topological polar surface area (TPSA) is 46.5 Å². The van der Waals surface area contributed by atoms with Crippen LogP contribution in [0.15, 0.2) is 18.2 Å². The van der Waals surface area contributed by atoms with Crippen molar-refractivity contribution in [2.75, 3.05) is 0 Å². The number of carboxylic acids is 1. The number of rotatable bonds is 4. The van der Waals surface area contributed by atoms with Crippen molar-refractivity contribution in [3.8, 4) is 5.75 Å². The van der Waals surface area contributed by atoms with Gasteiger partial charge in [0.2, 0.25) is 0 Å². The van der Waals surface area contributed by atoms with E-state index in [-0.39, 0.29) is 0 Å². The lowest BCUT2D eigenvalue weighted by Gasteiger charge is -2.12. The van der Waals surface area contributed by atoms with E-state index in [1.807, 2.05) is 6.07 Å². The summed E-state index contributed by atoms with van der Waals surface area (Å²) in [4.78, 5) is 10.6. The van der Waals surface area contributed by atoms with Gasteiger partial charge in [-0.1, -0.05) is 33.6 Å². The van der Waals surface area contributed by atoms with E-state index in [0.29, 0.717) is 16.1 Å². The van der Waals surface area contributed by atoms with E-state index in [4.69, 9.17) is 21.4 Å². The van der Waals surface area contributed by atoms with Crippen LogP contribution in [-0.2, 0) is 10.1 Å². The molecule has 1 N–H and O–H groups in total. The second-order valence-corrected chi connectivity index (χ2v) is 3.96. The highest BCUT2D eigenvalue weighted by Crippen LogP contribution is 2.27. The van der Waals surface area contributed by atoms with Gasteiger partial charge < -0.3 is 9.84 Å². The number of hydrogen-bond acceptors (Lipinski definition) is 2. The third-order valence-corrected chi connectivity index (χ3v) is 2.74. The van der Waals surface area contributed by atoms with E-state index in [9.17, 15) is 4.79 Å². The molecule has 0 spiro atoms. The lowest BCUT2D eigenvalue weighted by Crippen LogP contribution is -2.22. The predicted molar refractivity (Wildman–Crippen MR) is 61.8 cm³/mol. The number of alkyl halides is 1. The molecule has 0 aliphatic carbocycles. The standard InChI is InChI=1S/C10H10BrClO3/c1-6(10(13)14)15-9-3-2-7(5-11)4-8(9)12/h2-4,6H,5H2,1H3,(H,13,14). The summed E-state index contributed by atoms with van der Waals surface area (Å²) < 4.78 is 5.16. The van der Waals surface area contributed by atoms with Gasteiger partial charge in [0.05, 0.1) is 5.02 Å². The average Bonchev–Trinajstić information content (AvgIpc) is 2.20. The largest absolute Gasteiger partial charge is 0.479 e. The first-order valence-corrected chi connectivity index (χ1v) is 5.78. The summed E-state index contributed by atoms with van der Waals surface area (Å²) in [7, 11) is 0. The van der Waals surface area contributed by atoms with Crippen LogP contribution in [0.4, 0.5) is 0 Å². The van der Waals surface area contributed by atoms with Crippen molar-refractivity contribution in [3.63, 3.8) is 0 Å². The van der Waals surface area contributed by atoms with Gasteiger partial charge in [0.25, 0.3) is 0 Å². The Morgan fingerprint density at radius 2 is 2.33 bits per heavy atom. The highest BCUT2D eigenvalue weighted by molar-refractivity contribution is 9.08. The summed E-state index contributed by atoms with van der Waals surface area (Å²) in [6.45, 7) is 1.46. The number of carboxylic acid groups (broad SMARTS) is 1. The van der Waals surface area contributed by atoms with Crippen LogP contribution in [0.25, 0.3) is 0 Å². The van der Waals surface area contributed by atoms with Gasteiger partial charge in [-0.25, -0.2) is 4.79 Å². The van der Waals surface area contributed by atoms with Crippen LogP contribution in [0.5, 0.6) is 5.75 Å². The van der Waals surface area contributed by atoms with E-state index in [0.717, 1.165) is 5.56 Å². The van der Waals surface area contributed by atoms with Crippen LogP contribution in [0.2, 0.25) is 5.02 Å². The van der Waals surface area contributed by atoms with Crippen LogP contribution in [0, 0.1) is 0 Å². The number of ether oxygens (including phenoxy) is 1. The summed E-state index contributed by atoms with van der Waals surface area (Å²) in [5.74, 6) is -0.632. The lowest BCUT2D eigenvalue weighted by molar-refractivity contribution is -0.144. The molecule has 1 aromatic carbocycles. The minimum absolute atomic E-state index is 0.385. The van der Waals surface area contributed by atoms with Crippen molar-refractivity contribution in [3.05, 3.63) is 28.8 Å². The van der Waals surface area contributed by atoms with Crippen molar-refractivity contribution in [1.29, 1.82) is 0 Å². The fourth-order valence-electron chi connectivity index (χ4n) is 0.964. The Kier molecular flexibility index (Phi) is 4.42. The van der Waals surface area contributed by atoms with Crippen LogP contribution in [0.3, 0.4) is 0 Å².